The highest BCUT2D eigenvalue weighted by Crippen LogP contribution is 2.41. The topological polar surface area (TPSA) is 82.8 Å². The van der Waals surface area contributed by atoms with Crippen molar-refractivity contribution in [3.63, 3.8) is 0 Å². The Labute approximate surface area is 107 Å². The smallest absolute Gasteiger partial charge is 0.146 e. The molecule has 1 aliphatic carbocycles. The first kappa shape index (κ1) is 11.0. The number of nitrogen functional groups attached to an aromatic ring is 1. The summed E-state index contributed by atoms with van der Waals surface area (Å²) in [6.07, 6.45) is 5.81. The van der Waals surface area contributed by atoms with Crippen LogP contribution in [-0.4, -0.2) is 21.1 Å². The van der Waals surface area contributed by atoms with Gasteiger partial charge in [0.1, 0.15) is 17.8 Å². The van der Waals surface area contributed by atoms with Crippen molar-refractivity contribution in [2.75, 3.05) is 12.3 Å². The van der Waals surface area contributed by atoms with Gasteiger partial charge in [-0.05, 0) is 41.2 Å². The minimum Gasteiger partial charge on any atom is -0.383 e. The molecular formula is C11H14BrN5. The van der Waals surface area contributed by atoms with E-state index in [9.17, 15) is 0 Å². The predicted octanol–water partition coefficient (Wildman–Crippen LogP) is 1.69. The van der Waals surface area contributed by atoms with Gasteiger partial charge >= 0.3 is 0 Å². The van der Waals surface area contributed by atoms with E-state index in [0.29, 0.717) is 17.8 Å². The number of fused-ring (bicyclic) bond motifs is 1. The fraction of sp³-hybridized carbons (Fsp3) is 0.455. The Morgan fingerprint density at radius 2 is 2.18 bits per heavy atom. The molecule has 4 N–H and O–H groups in total. The number of aromatic nitrogens is 3. The van der Waals surface area contributed by atoms with Crippen molar-refractivity contribution in [3.8, 4) is 0 Å². The minimum atomic E-state index is 0.492. The molecule has 0 amide bonds. The van der Waals surface area contributed by atoms with Crippen LogP contribution in [0, 0.1) is 5.92 Å². The number of rotatable bonds is 2. The number of halogens is 1. The van der Waals surface area contributed by atoms with Crippen LogP contribution >= 0.6 is 15.9 Å². The average Bonchev–Trinajstić information content (AvgIpc) is 2.56. The average molecular weight is 296 g/mol. The van der Waals surface area contributed by atoms with Gasteiger partial charge in [-0.2, -0.15) is 0 Å². The van der Waals surface area contributed by atoms with Gasteiger partial charge in [-0.1, -0.05) is 0 Å². The molecule has 1 aliphatic rings. The third kappa shape index (κ3) is 1.63. The van der Waals surface area contributed by atoms with Gasteiger partial charge in [0.05, 0.1) is 5.39 Å². The monoisotopic (exact) mass is 295 g/mol. The molecule has 90 valence electrons. The second kappa shape index (κ2) is 3.96. The molecule has 17 heavy (non-hydrogen) atoms. The lowest BCUT2D eigenvalue weighted by atomic mass is 9.80. The van der Waals surface area contributed by atoms with Gasteiger partial charge in [0, 0.05) is 16.7 Å². The molecule has 0 aliphatic heterocycles. The van der Waals surface area contributed by atoms with Crippen molar-refractivity contribution in [3.05, 3.63) is 17.0 Å². The molecule has 3 rings (SSSR count). The first-order valence-corrected chi connectivity index (χ1v) is 6.46. The molecule has 1 fully saturated rings. The van der Waals surface area contributed by atoms with Crippen LogP contribution < -0.4 is 11.5 Å². The Morgan fingerprint density at radius 1 is 1.41 bits per heavy atom. The highest BCUT2D eigenvalue weighted by Gasteiger charge is 2.31. The van der Waals surface area contributed by atoms with Crippen LogP contribution in [0.1, 0.15) is 18.9 Å². The lowest BCUT2D eigenvalue weighted by Gasteiger charge is -2.35. The molecule has 2 aromatic rings. The lowest BCUT2D eigenvalue weighted by Crippen LogP contribution is -2.31. The van der Waals surface area contributed by atoms with Crippen LogP contribution in [-0.2, 0) is 0 Å². The second-order valence-corrected chi connectivity index (χ2v) is 5.42. The molecule has 0 bridgehead atoms. The molecular weight excluding hydrogens is 282 g/mol. The maximum Gasteiger partial charge on any atom is 0.146 e. The zero-order valence-electron chi connectivity index (χ0n) is 9.31. The van der Waals surface area contributed by atoms with Gasteiger partial charge < -0.3 is 16.0 Å². The van der Waals surface area contributed by atoms with Gasteiger partial charge in [0.25, 0.3) is 0 Å². The molecule has 0 radical (unpaired) electrons. The van der Waals surface area contributed by atoms with E-state index in [0.717, 1.165) is 34.9 Å². The summed E-state index contributed by atoms with van der Waals surface area (Å²) < 4.78 is 3.14. The SMILES string of the molecule is NCC1CC(n2cc(Br)c3c(N)ncnc32)C1. The quantitative estimate of drug-likeness (QED) is 0.883. The summed E-state index contributed by atoms with van der Waals surface area (Å²) in [6.45, 7) is 0.772. The standard InChI is InChI=1S/C11H14BrN5/c12-8-4-17(7-1-6(2-7)3-13)11-9(8)10(14)15-5-16-11/h4-7H,1-3,13H2,(H2,14,15,16). The number of nitrogens with two attached hydrogens (primary N) is 2. The van der Waals surface area contributed by atoms with E-state index in [4.69, 9.17) is 11.5 Å². The fourth-order valence-corrected chi connectivity index (χ4v) is 3.06. The number of hydrogen-bond acceptors (Lipinski definition) is 4. The van der Waals surface area contributed by atoms with Crippen molar-refractivity contribution >= 4 is 32.8 Å². The lowest BCUT2D eigenvalue weighted by molar-refractivity contribution is 0.208. The van der Waals surface area contributed by atoms with E-state index in [1.54, 1.807) is 0 Å². The summed E-state index contributed by atoms with van der Waals surface area (Å²) in [4.78, 5) is 8.35. The molecule has 0 saturated heterocycles. The Kier molecular flexibility index (Phi) is 2.56. The van der Waals surface area contributed by atoms with E-state index in [-0.39, 0.29) is 0 Å². The van der Waals surface area contributed by atoms with E-state index in [1.165, 1.54) is 6.33 Å². The number of hydrogen-bond donors (Lipinski definition) is 2. The van der Waals surface area contributed by atoms with E-state index in [1.807, 2.05) is 6.20 Å². The summed E-state index contributed by atoms with van der Waals surface area (Å²) in [6, 6.07) is 0.492. The van der Waals surface area contributed by atoms with Crippen LogP contribution in [0.4, 0.5) is 5.82 Å². The first-order valence-electron chi connectivity index (χ1n) is 5.67. The fourth-order valence-electron chi connectivity index (χ4n) is 2.46. The van der Waals surface area contributed by atoms with Crippen molar-refractivity contribution < 1.29 is 0 Å². The molecule has 5 nitrogen and oxygen atoms in total. The van der Waals surface area contributed by atoms with Crippen LogP contribution in [0.5, 0.6) is 0 Å². The highest BCUT2D eigenvalue weighted by molar-refractivity contribution is 9.10. The summed E-state index contributed by atoms with van der Waals surface area (Å²) >= 11 is 3.52. The number of nitrogens with zero attached hydrogens (tertiary/aromatic N) is 3. The minimum absolute atomic E-state index is 0.492. The second-order valence-electron chi connectivity index (χ2n) is 4.57. The number of anilines is 1. The maximum atomic E-state index is 5.87. The molecule has 0 aromatic carbocycles. The van der Waals surface area contributed by atoms with Crippen LogP contribution in [0.25, 0.3) is 11.0 Å². The van der Waals surface area contributed by atoms with Crippen molar-refractivity contribution in [2.24, 2.45) is 11.7 Å². The normalized spacial score (nSPS) is 23.9. The highest BCUT2D eigenvalue weighted by atomic mass is 79.9. The first-order chi connectivity index (χ1) is 8.20. The molecule has 0 atom stereocenters. The van der Waals surface area contributed by atoms with Gasteiger partial charge in [0.15, 0.2) is 0 Å². The molecule has 2 aromatic heterocycles. The van der Waals surface area contributed by atoms with E-state index >= 15 is 0 Å². The maximum absolute atomic E-state index is 5.87. The Morgan fingerprint density at radius 3 is 2.88 bits per heavy atom. The molecule has 0 spiro atoms. The summed E-state index contributed by atoms with van der Waals surface area (Å²) in [5.74, 6) is 1.17. The van der Waals surface area contributed by atoms with E-state index < -0.39 is 0 Å². The van der Waals surface area contributed by atoms with Crippen molar-refractivity contribution in [2.45, 2.75) is 18.9 Å². The van der Waals surface area contributed by atoms with Crippen LogP contribution in [0.3, 0.4) is 0 Å². The zero-order chi connectivity index (χ0) is 12.0. The van der Waals surface area contributed by atoms with Crippen molar-refractivity contribution in [1.82, 2.24) is 14.5 Å². The van der Waals surface area contributed by atoms with Gasteiger partial charge in [-0.3, -0.25) is 0 Å². The third-order valence-corrected chi connectivity index (χ3v) is 4.13. The largest absolute Gasteiger partial charge is 0.383 e. The van der Waals surface area contributed by atoms with Crippen LogP contribution in [0.15, 0.2) is 17.0 Å². The predicted molar refractivity (Wildman–Crippen MR) is 70.5 cm³/mol. The van der Waals surface area contributed by atoms with E-state index in [2.05, 4.69) is 30.5 Å². The van der Waals surface area contributed by atoms with Gasteiger partial charge in [0.2, 0.25) is 0 Å². The van der Waals surface area contributed by atoms with Crippen LogP contribution in [0.2, 0.25) is 0 Å². The Bertz CT molecular complexity index is 558. The summed E-state index contributed by atoms with van der Waals surface area (Å²) in [5, 5.41) is 0.906. The summed E-state index contributed by atoms with van der Waals surface area (Å²) in [7, 11) is 0. The Balaban J connectivity index is 2.04. The van der Waals surface area contributed by atoms with Crippen molar-refractivity contribution in [1.29, 1.82) is 0 Å². The molecule has 2 heterocycles. The van der Waals surface area contributed by atoms with Gasteiger partial charge in [-0.15, -0.1) is 0 Å². The molecule has 0 unspecified atom stereocenters. The molecule has 1 saturated carbocycles. The summed E-state index contributed by atoms with van der Waals surface area (Å²) in [5.41, 5.74) is 12.4. The third-order valence-electron chi connectivity index (χ3n) is 3.53. The molecule has 6 heteroatoms. The zero-order valence-corrected chi connectivity index (χ0v) is 10.9. The van der Waals surface area contributed by atoms with Gasteiger partial charge in [-0.25, -0.2) is 9.97 Å². The Hall–Kier alpha value is -1.14.